The van der Waals surface area contributed by atoms with Crippen LogP contribution in [0.2, 0.25) is 0 Å². The van der Waals surface area contributed by atoms with Crippen molar-refractivity contribution in [3.05, 3.63) is 0 Å². The van der Waals surface area contributed by atoms with Gasteiger partial charge in [-0.2, -0.15) is 22.0 Å². The molecular weight excluding hydrogens is 273 g/mol. The number of hydrogen-bond acceptors (Lipinski definition) is 3. The van der Waals surface area contributed by atoms with Crippen LogP contribution < -0.4 is 0 Å². The Balaban J connectivity index is 2.80. The van der Waals surface area contributed by atoms with Gasteiger partial charge >= 0.3 is 18.0 Å². The number of carbonyl (C=O) groups is 1. The Kier molecular flexibility index (Phi) is 3.38. The second-order valence-corrected chi connectivity index (χ2v) is 5.82. The number of halogens is 5. The summed E-state index contributed by atoms with van der Waals surface area (Å²) in [6.45, 7) is -1.29. The molecule has 1 aliphatic heterocycles. The lowest BCUT2D eigenvalue weighted by molar-refractivity contribution is -0.274. The largest absolute Gasteiger partial charge is 0.463 e. The minimum Gasteiger partial charge on any atom is -0.335 e. The number of rotatable bonds is 1. The zero-order valence-corrected chi connectivity index (χ0v) is 9.11. The Bertz CT molecular complexity index is 402. The predicted octanol–water partition coefficient (Wildman–Crippen LogP) is 0.441. The number of hydrogen-bond donors (Lipinski definition) is 0. The van der Waals surface area contributed by atoms with E-state index in [1.54, 1.807) is 0 Å². The van der Waals surface area contributed by atoms with E-state index in [0.717, 1.165) is 0 Å². The summed E-state index contributed by atoms with van der Waals surface area (Å²) in [5, 5.41) is 0. The van der Waals surface area contributed by atoms with Crippen LogP contribution in [-0.2, 0) is 14.6 Å². The standard InChI is InChI=1S/C7H8F5NO3S/c8-6(9,7(10,11)12)5(14)13-1-3-17(15,16)4-2-13/h1-4H2. The number of sulfone groups is 1. The van der Waals surface area contributed by atoms with Crippen LogP contribution in [0.3, 0.4) is 0 Å². The quantitative estimate of drug-likeness (QED) is 0.655. The van der Waals surface area contributed by atoms with Gasteiger partial charge in [-0.15, -0.1) is 0 Å². The SMILES string of the molecule is O=C(N1CCS(=O)(=O)CC1)C(F)(F)C(F)(F)F. The molecule has 0 unspecified atom stereocenters. The minimum absolute atomic E-state index is 0.217. The van der Waals surface area contributed by atoms with Crippen molar-refractivity contribution in [2.75, 3.05) is 24.6 Å². The van der Waals surface area contributed by atoms with Gasteiger partial charge in [0.05, 0.1) is 11.5 Å². The molecule has 0 aliphatic carbocycles. The summed E-state index contributed by atoms with van der Waals surface area (Å²) in [6.07, 6.45) is -5.97. The minimum atomic E-state index is -5.97. The fourth-order valence-electron chi connectivity index (χ4n) is 1.24. The van der Waals surface area contributed by atoms with E-state index >= 15 is 0 Å². The first-order valence-electron chi connectivity index (χ1n) is 4.42. The van der Waals surface area contributed by atoms with E-state index in [0.29, 0.717) is 0 Å². The molecule has 0 saturated carbocycles. The highest BCUT2D eigenvalue weighted by molar-refractivity contribution is 7.91. The summed E-state index contributed by atoms with van der Waals surface area (Å²) >= 11 is 0. The van der Waals surface area contributed by atoms with Crippen molar-refractivity contribution in [3.63, 3.8) is 0 Å². The molecule has 10 heteroatoms. The Labute approximate surface area is 93.3 Å². The van der Waals surface area contributed by atoms with Crippen molar-refractivity contribution in [3.8, 4) is 0 Å². The highest BCUT2D eigenvalue weighted by Gasteiger charge is 2.64. The van der Waals surface area contributed by atoms with Gasteiger partial charge in [-0.25, -0.2) is 8.42 Å². The normalized spacial score (nSPS) is 21.4. The molecule has 1 rings (SSSR count). The molecule has 0 spiro atoms. The van der Waals surface area contributed by atoms with E-state index in [1.807, 2.05) is 0 Å². The van der Waals surface area contributed by atoms with Crippen LogP contribution in [-0.4, -0.2) is 55.9 Å². The lowest BCUT2D eigenvalue weighted by atomic mass is 10.2. The Morgan fingerprint density at radius 3 is 1.76 bits per heavy atom. The van der Waals surface area contributed by atoms with Gasteiger partial charge in [0, 0.05) is 13.1 Å². The topological polar surface area (TPSA) is 54.5 Å². The fraction of sp³-hybridized carbons (Fsp3) is 0.857. The molecule has 0 bridgehead atoms. The molecule has 1 aliphatic rings. The summed E-state index contributed by atoms with van der Waals surface area (Å²) in [5.74, 6) is -9.09. The zero-order chi connectivity index (χ0) is 13.5. The maximum atomic E-state index is 12.6. The first-order valence-corrected chi connectivity index (χ1v) is 6.24. The molecule has 1 saturated heterocycles. The first-order chi connectivity index (χ1) is 7.47. The maximum absolute atomic E-state index is 12.6. The van der Waals surface area contributed by atoms with E-state index in [2.05, 4.69) is 0 Å². The monoisotopic (exact) mass is 281 g/mol. The molecular formula is C7H8F5NO3S. The molecule has 17 heavy (non-hydrogen) atoms. The third-order valence-electron chi connectivity index (χ3n) is 2.26. The molecule has 0 aromatic carbocycles. The van der Waals surface area contributed by atoms with Gasteiger partial charge in [0.2, 0.25) is 0 Å². The molecule has 1 fully saturated rings. The van der Waals surface area contributed by atoms with E-state index in [-0.39, 0.29) is 4.90 Å². The molecule has 4 nitrogen and oxygen atoms in total. The second-order valence-electron chi connectivity index (χ2n) is 3.52. The molecule has 0 N–H and O–H groups in total. The smallest absolute Gasteiger partial charge is 0.335 e. The van der Waals surface area contributed by atoms with Gasteiger partial charge in [0.25, 0.3) is 0 Å². The third kappa shape index (κ3) is 2.85. The van der Waals surface area contributed by atoms with E-state index < -0.39 is 52.4 Å². The van der Waals surface area contributed by atoms with Gasteiger partial charge in [0.1, 0.15) is 0 Å². The van der Waals surface area contributed by atoms with Gasteiger partial charge < -0.3 is 4.90 Å². The molecule has 100 valence electrons. The van der Waals surface area contributed by atoms with Crippen molar-refractivity contribution in [1.82, 2.24) is 4.90 Å². The molecule has 1 amide bonds. The molecule has 1 heterocycles. The number of amides is 1. The molecule has 0 aromatic rings. The summed E-state index contributed by atoms with van der Waals surface area (Å²) in [7, 11) is -3.45. The van der Waals surface area contributed by atoms with Crippen LogP contribution in [0.1, 0.15) is 0 Å². The van der Waals surface area contributed by atoms with E-state index in [9.17, 15) is 35.2 Å². The zero-order valence-electron chi connectivity index (χ0n) is 8.30. The summed E-state index contributed by atoms with van der Waals surface area (Å²) < 4.78 is 82.7. The van der Waals surface area contributed by atoms with Crippen LogP contribution >= 0.6 is 0 Å². The maximum Gasteiger partial charge on any atom is 0.463 e. The predicted molar refractivity (Wildman–Crippen MR) is 46.2 cm³/mol. The van der Waals surface area contributed by atoms with Crippen molar-refractivity contribution >= 4 is 15.7 Å². The highest BCUT2D eigenvalue weighted by Crippen LogP contribution is 2.37. The van der Waals surface area contributed by atoms with Gasteiger partial charge in [-0.3, -0.25) is 4.79 Å². The number of alkyl halides is 5. The Morgan fingerprint density at radius 2 is 1.41 bits per heavy atom. The third-order valence-corrected chi connectivity index (χ3v) is 3.87. The van der Waals surface area contributed by atoms with Crippen LogP contribution in [0.5, 0.6) is 0 Å². The van der Waals surface area contributed by atoms with Gasteiger partial charge in [0.15, 0.2) is 9.84 Å². The van der Waals surface area contributed by atoms with Crippen LogP contribution in [0, 0.1) is 0 Å². The van der Waals surface area contributed by atoms with Crippen molar-refractivity contribution in [2.24, 2.45) is 0 Å². The van der Waals surface area contributed by atoms with Crippen molar-refractivity contribution in [1.29, 1.82) is 0 Å². The molecule has 0 atom stereocenters. The first kappa shape index (κ1) is 14.1. The van der Waals surface area contributed by atoms with E-state index in [1.165, 1.54) is 0 Å². The lowest BCUT2D eigenvalue weighted by Crippen LogP contribution is -2.55. The average molecular weight is 281 g/mol. The lowest BCUT2D eigenvalue weighted by Gasteiger charge is -2.30. The number of nitrogens with zero attached hydrogens (tertiary/aromatic N) is 1. The van der Waals surface area contributed by atoms with Crippen LogP contribution in [0.15, 0.2) is 0 Å². The Morgan fingerprint density at radius 1 is 1.00 bits per heavy atom. The summed E-state index contributed by atoms with van der Waals surface area (Å²) in [4.78, 5) is 11.2. The van der Waals surface area contributed by atoms with E-state index in [4.69, 9.17) is 0 Å². The Hall–Kier alpha value is -0.930. The summed E-state index contributed by atoms with van der Waals surface area (Å²) in [6, 6.07) is 0. The average Bonchev–Trinajstić information content (AvgIpc) is 2.15. The highest BCUT2D eigenvalue weighted by atomic mass is 32.2. The summed E-state index contributed by atoms with van der Waals surface area (Å²) in [5.41, 5.74) is 0. The van der Waals surface area contributed by atoms with Crippen LogP contribution in [0.4, 0.5) is 22.0 Å². The van der Waals surface area contributed by atoms with Crippen molar-refractivity contribution in [2.45, 2.75) is 12.1 Å². The second kappa shape index (κ2) is 4.07. The molecule has 0 aromatic heterocycles. The van der Waals surface area contributed by atoms with Gasteiger partial charge in [-0.1, -0.05) is 0 Å². The van der Waals surface area contributed by atoms with Gasteiger partial charge in [-0.05, 0) is 0 Å². The van der Waals surface area contributed by atoms with Crippen LogP contribution in [0.25, 0.3) is 0 Å². The van der Waals surface area contributed by atoms with Crippen molar-refractivity contribution < 1.29 is 35.2 Å². The fourth-order valence-corrected chi connectivity index (χ4v) is 2.44. The molecule has 0 radical (unpaired) electrons. The number of carbonyl (C=O) groups excluding carboxylic acids is 1.